The molecule has 15 heavy (non-hydrogen) atoms. The first-order valence-electron chi connectivity index (χ1n) is 5.22. The number of carbonyl (C=O) groups excluding carboxylic acids is 1. The van der Waals surface area contributed by atoms with E-state index in [1.807, 2.05) is 6.07 Å². The minimum atomic E-state index is -0.346. The number of nitrogens with two attached hydrogens (primary N) is 1. The predicted octanol–water partition coefficient (Wildman–Crippen LogP) is 1.93. The van der Waals surface area contributed by atoms with E-state index in [1.54, 1.807) is 6.07 Å². The van der Waals surface area contributed by atoms with Gasteiger partial charge in [0.05, 0.1) is 12.7 Å². The Kier molecular flexibility index (Phi) is 2.62. The average molecular weight is 205 g/mol. The van der Waals surface area contributed by atoms with Gasteiger partial charge in [-0.3, -0.25) is 0 Å². The number of aryl methyl sites for hydroxylation is 1. The van der Waals surface area contributed by atoms with Gasteiger partial charge in [0, 0.05) is 5.69 Å². The van der Waals surface area contributed by atoms with Gasteiger partial charge in [0.1, 0.15) is 0 Å². The number of hydrogen-bond acceptors (Lipinski definition) is 3. The monoisotopic (exact) mass is 205 g/mol. The molecule has 0 aliphatic heterocycles. The summed E-state index contributed by atoms with van der Waals surface area (Å²) in [6.45, 7) is 0. The number of ether oxygens (including phenoxy) is 1. The molecule has 0 saturated carbocycles. The number of methoxy groups -OCH3 is 1. The summed E-state index contributed by atoms with van der Waals surface area (Å²) in [5.41, 5.74) is 9.51. The number of carbonyl (C=O) groups is 1. The van der Waals surface area contributed by atoms with Crippen LogP contribution in [0.2, 0.25) is 0 Å². The Balaban J connectivity index is 2.47. The second-order valence-electron chi connectivity index (χ2n) is 3.86. The highest BCUT2D eigenvalue weighted by atomic mass is 16.5. The van der Waals surface area contributed by atoms with Crippen molar-refractivity contribution in [3.8, 4) is 0 Å². The first kappa shape index (κ1) is 10.0. The molecule has 1 aromatic carbocycles. The van der Waals surface area contributed by atoms with Crippen LogP contribution < -0.4 is 5.73 Å². The molecule has 0 fully saturated rings. The lowest BCUT2D eigenvalue weighted by molar-refractivity contribution is 0.0602. The molecule has 80 valence electrons. The minimum Gasteiger partial charge on any atom is -0.465 e. The zero-order chi connectivity index (χ0) is 10.8. The zero-order valence-electron chi connectivity index (χ0n) is 8.88. The Hall–Kier alpha value is -1.51. The highest BCUT2D eigenvalue weighted by molar-refractivity contribution is 5.96. The second-order valence-corrected chi connectivity index (χ2v) is 3.86. The Morgan fingerprint density at radius 1 is 1.33 bits per heavy atom. The summed E-state index contributed by atoms with van der Waals surface area (Å²) in [5, 5.41) is 0. The lowest BCUT2D eigenvalue weighted by atomic mass is 9.89. The highest BCUT2D eigenvalue weighted by Gasteiger charge is 2.18. The quantitative estimate of drug-likeness (QED) is 0.563. The molecule has 0 atom stereocenters. The van der Waals surface area contributed by atoms with Crippen LogP contribution in [0.5, 0.6) is 0 Å². The minimum absolute atomic E-state index is 0.346. The zero-order valence-corrected chi connectivity index (χ0v) is 8.88. The van der Waals surface area contributed by atoms with Crippen molar-refractivity contribution >= 4 is 11.7 Å². The molecule has 1 aromatic rings. The van der Waals surface area contributed by atoms with Crippen LogP contribution in [0, 0.1) is 0 Å². The van der Waals surface area contributed by atoms with E-state index in [9.17, 15) is 4.79 Å². The van der Waals surface area contributed by atoms with Crippen molar-refractivity contribution < 1.29 is 9.53 Å². The number of nitrogen functional groups attached to an aromatic ring is 1. The summed E-state index contributed by atoms with van der Waals surface area (Å²) in [6, 6.07) is 3.77. The van der Waals surface area contributed by atoms with Gasteiger partial charge in [0.2, 0.25) is 0 Å². The van der Waals surface area contributed by atoms with Crippen molar-refractivity contribution in [3.05, 3.63) is 28.8 Å². The van der Waals surface area contributed by atoms with Crippen molar-refractivity contribution in [3.63, 3.8) is 0 Å². The van der Waals surface area contributed by atoms with Crippen molar-refractivity contribution in [1.29, 1.82) is 0 Å². The van der Waals surface area contributed by atoms with Crippen LogP contribution in [-0.2, 0) is 17.6 Å². The fourth-order valence-corrected chi connectivity index (χ4v) is 2.14. The standard InChI is InChI=1S/C12H15NO2/c1-15-12(14)10-7-6-8-4-2-3-5-9(8)11(10)13/h6-7H,2-5,13H2,1H3. The number of hydrogen-bond donors (Lipinski definition) is 1. The fraction of sp³-hybridized carbons (Fsp3) is 0.417. The topological polar surface area (TPSA) is 52.3 Å². The van der Waals surface area contributed by atoms with Gasteiger partial charge >= 0.3 is 5.97 Å². The lowest BCUT2D eigenvalue weighted by Crippen LogP contribution is -2.12. The fourth-order valence-electron chi connectivity index (χ4n) is 2.14. The van der Waals surface area contributed by atoms with E-state index in [0.29, 0.717) is 11.3 Å². The molecule has 0 unspecified atom stereocenters. The molecule has 0 heterocycles. The second kappa shape index (κ2) is 3.93. The Bertz CT molecular complexity index is 399. The first-order valence-corrected chi connectivity index (χ1v) is 5.22. The van der Waals surface area contributed by atoms with E-state index in [4.69, 9.17) is 5.73 Å². The molecule has 0 bridgehead atoms. The summed E-state index contributed by atoms with van der Waals surface area (Å²) < 4.78 is 4.69. The van der Waals surface area contributed by atoms with Gasteiger partial charge in [-0.25, -0.2) is 4.79 Å². The molecule has 0 saturated heterocycles. The molecular formula is C12H15NO2. The third kappa shape index (κ3) is 1.69. The molecule has 3 nitrogen and oxygen atoms in total. The van der Waals surface area contributed by atoms with Crippen molar-refractivity contribution in [2.24, 2.45) is 0 Å². The van der Waals surface area contributed by atoms with Gasteiger partial charge in [0.25, 0.3) is 0 Å². The maximum Gasteiger partial charge on any atom is 0.339 e. The van der Waals surface area contributed by atoms with E-state index in [0.717, 1.165) is 24.8 Å². The molecule has 0 radical (unpaired) electrons. The highest BCUT2D eigenvalue weighted by Crippen LogP contribution is 2.29. The number of anilines is 1. The van der Waals surface area contributed by atoms with Crippen LogP contribution in [0.3, 0.4) is 0 Å². The third-order valence-corrected chi connectivity index (χ3v) is 2.98. The van der Waals surface area contributed by atoms with E-state index in [-0.39, 0.29) is 5.97 Å². The van der Waals surface area contributed by atoms with Crippen LogP contribution >= 0.6 is 0 Å². The molecule has 0 amide bonds. The molecule has 2 N–H and O–H groups in total. The predicted molar refractivity (Wildman–Crippen MR) is 58.8 cm³/mol. The summed E-state index contributed by atoms with van der Waals surface area (Å²) >= 11 is 0. The molecule has 0 aromatic heterocycles. The van der Waals surface area contributed by atoms with E-state index in [2.05, 4.69) is 4.74 Å². The van der Waals surface area contributed by atoms with E-state index < -0.39 is 0 Å². The van der Waals surface area contributed by atoms with Crippen molar-refractivity contribution in [2.45, 2.75) is 25.7 Å². The largest absolute Gasteiger partial charge is 0.465 e. The summed E-state index contributed by atoms with van der Waals surface area (Å²) in [7, 11) is 1.38. The average Bonchev–Trinajstić information content (AvgIpc) is 2.29. The maximum absolute atomic E-state index is 11.4. The Morgan fingerprint density at radius 3 is 2.80 bits per heavy atom. The first-order chi connectivity index (χ1) is 7.24. The van der Waals surface area contributed by atoms with Gasteiger partial charge in [-0.05, 0) is 42.9 Å². The van der Waals surface area contributed by atoms with Gasteiger partial charge in [0.15, 0.2) is 0 Å². The van der Waals surface area contributed by atoms with Crippen LogP contribution in [0.4, 0.5) is 5.69 Å². The van der Waals surface area contributed by atoms with Gasteiger partial charge < -0.3 is 10.5 Å². The summed E-state index contributed by atoms with van der Waals surface area (Å²) in [4.78, 5) is 11.4. The summed E-state index contributed by atoms with van der Waals surface area (Å²) in [5.74, 6) is -0.346. The molecule has 3 heteroatoms. The van der Waals surface area contributed by atoms with Crippen LogP contribution in [-0.4, -0.2) is 13.1 Å². The normalized spacial score (nSPS) is 14.5. The third-order valence-electron chi connectivity index (χ3n) is 2.98. The molecule has 1 aliphatic rings. The number of benzene rings is 1. The van der Waals surface area contributed by atoms with Gasteiger partial charge in [-0.2, -0.15) is 0 Å². The Morgan fingerprint density at radius 2 is 2.07 bits per heavy atom. The lowest BCUT2D eigenvalue weighted by Gasteiger charge is -2.19. The van der Waals surface area contributed by atoms with E-state index in [1.165, 1.54) is 19.1 Å². The number of esters is 1. The Labute approximate surface area is 89.2 Å². The molecule has 2 rings (SSSR count). The van der Waals surface area contributed by atoms with E-state index >= 15 is 0 Å². The molecular weight excluding hydrogens is 190 g/mol. The van der Waals surface area contributed by atoms with Gasteiger partial charge in [-0.15, -0.1) is 0 Å². The van der Waals surface area contributed by atoms with Crippen LogP contribution in [0.15, 0.2) is 12.1 Å². The SMILES string of the molecule is COC(=O)c1ccc2c(c1N)CCCC2. The van der Waals surface area contributed by atoms with Crippen molar-refractivity contribution in [1.82, 2.24) is 0 Å². The molecule has 1 aliphatic carbocycles. The van der Waals surface area contributed by atoms with Crippen LogP contribution in [0.1, 0.15) is 34.3 Å². The van der Waals surface area contributed by atoms with Crippen LogP contribution in [0.25, 0.3) is 0 Å². The van der Waals surface area contributed by atoms with Gasteiger partial charge in [-0.1, -0.05) is 6.07 Å². The maximum atomic E-state index is 11.4. The molecule has 0 spiro atoms. The number of fused-ring (bicyclic) bond motifs is 1. The number of rotatable bonds is 1. The smallest absolute Gasteiger partial charge is 0.339 e. The summed E-state index contributed by atoms with van der Waals surface area (Å²) in [6.07, 6.45) is 4.42. The van der Waals surface area contributed by atoms with Crippen molar-refractivity contribution in [2.75, 3.05) is 12.8 Å².